The van der Waals surface area contributed by atoms with Crippen LogP contribution in [0, 0.1) is 0 Å². The van der Waals surface area contributed by atoms with Crippen LogP contribution in [-0.4, -0.2) is 47.7 Å². The van der Waals surface area contributed by atoms with E-state index >= 15 is 0 Å². The Kier molecular flexibility index (Phi) is 4.75. The molecule has 4 nitrogen and oxygen atoms in total. The molecule has 21 heavy (non-hydrogen) atoms. The van der Waals surface area contributed by atoms with Gasteiger partial charge < -0.3 is 10.0 Å². The van der Waals surface area contributed by atoms with Crippen LogP contribution in [0.1, 0.15) is 11.7 Å². The second kappa shape index (κ2) is 6.75. The highest BCUT2D eigenvalue weighted by atomic mass is 35.5. The molecule has 0 spiro atoms. The molecule has 0 radical (unpaired) electrons. The van der Waals surface area contributed by atoms with E-state index in [9.17, 15) is 5.11 Å². The van der Waals surface area contributed by atoms with Gasteiger partial charge in [0.2, 0.25) is 0 Å². The Morgan fingerprint density at radius 1 is 1.19 bits per heavy atom. The molecule has 3 rings (SSSR count). The quantitative estimate of drug-likeness (QED) is 0.939. The number of nitrogens with zero attached hydrogens (tertiary/aromatic N) is 3. The van der Waals surface area contributed by atoms with Gasteiger partial charge in [-0.3, -0.25) is 4.90 Å². The smallest absolute Gasteiger partial charge is 0.185 e. The first-order valence-corrected chi connectivity index (χ1v) is 8.28. The molecule has 1 aromatic heterocycles. The zero-order valence-electron chi connectivity index (χ0n) is 11.7. The maximum atomic E-state index is 10.3. The zero-order chi connectivity index (χ0) is 14.7. The number of aliphatic hydroxyl groups is 1. The van der Waals surface area contributed by atoms with Crippen LogP contribution in [-0.2, 0) is 0 Å². The van der Waals surface area contributed by atoms with E-state index in [-0.39, 0.29) is 0 Å². The van der Waals surface area contributed by atoms with Gasteiger partial charge in [-0.15, -0.1) is 11.3 Å². The standard InChI is InChI=1S/C15H18ClN3OS/c16-13-3-1-12(2-4-13)14(20)11-18-6-8-19(9-7-18)15-17-5-10-21-15/h1-5,10,14,20H,6-9,11H2. The van der Waals surface area contributed by atoms with Gasteiger partial charge in [-0.2, -0.15) is 0 Å². The predicted octanol–water partition coefficient (Wildman–Crippen LogP) is 2.65. The Labute approximate surface area is 133 Å². The van der Waals surface area contributed by atoms with Crippen LogP contribution in [0.4, 0.5) is 5.13 Å². The van der Waals surface area contributed by atoms with E-state index < -0.39 is 6.10 Å². The van der Waals surface area contributed by atoms with Gasteiger partial charge in [0.1, 0.15) is 0 Å². The van der Waals surface area contributed by atoms with Crippen molar-refractivity contribution in [3.63, 3.8) is 0 Å². The number of anilines is 1. The largest absolute Gasteiger partial charge is 0.387 e. The van der Waals surface area contributed by atoms with E-state index in [0.717, 1.165) is 36.9 Å². The van der Waals surface area contributed by atoms with Crippen molar-refractivity contribution in [2.75, 3.05) is 37.6 Å². The number of hydrogen-bond acceptors (Lipinski definition) is 5. The summed E-state index contributed by atoms with van der Waals surface area (Å²) < 4.78 is 0. The van der Waals surface area contributed by atoms with Gasteiger partial charge in [0.15, 0.2) is 5.13 Å². The van der Waals surface area contributed by atoms with Crippen molar-refractivity contribution in [2.24, 2.45) is 0 Å². The minimum Gasteiger partial charge on any atom is -0.387 e. The Hall–Kier alpha value is -1.14. The van der Waals surface area contributed by atoms with Gasteiger partial charge in [-0.05, 0) is 17.7 Å². The number of piperazine rings is 1. The van der Waals surface area contributed by atoms with Gasteiger partial charge in [0.05, 0.1) is 6.10 Å². The first-order valence-electron chi connectivity index (χ1n) is 7.03. The molecule has 1 aliphatic rings. The SMILES string of the molecule is OC(CN1CCN(c2nccs2)CC1)c1ccc(Cl)cc1. The van der Waals surface area contributed by atoms with Crippen LogP contribution < -0.4 is 4.90 Å². The van der Waals surface area contributed by atoms with E-state index in [1.165, 1.54) is 0 Å². The minimum absolute atomic E-state index is 0.464. The fourth-order valence-electron chi connectivity index (χ4n) is 2.53. The number of aromatic nitrogens is 1. The summed E-state index contributed by atoms with van der Waals surface area (Å²) in [6, 6.07) is 7.42. The predicted molar refractivity (Wildman–Crippen MR) is 87.2 cm³/mol. The topological polar surface area (TPSA) is 39.6 Å². The summed E-state index contributed by atoms with van der Waals surface area (Å²) in [5, 5.41) is 14.1. The van der Waals surface area contributed by atoms with Gasteiger partial charge in [-0.1, -0.05) is 23.7 Å². The number of β-amino-alcohol motifs (C(OH)–C–C–N with tert-alkyl or cyclic N) is 1. The average Bonchev–Trinajstić information content (AvgIpc) is 3.03. The van der Waals surface area contributed by atoms with Gasteiger partial charge in [0.25, 0.3) is 0 Å². The normalized spacial score (nSPS) is 17.9. The Balaban J connectivity index is 1.52. The lowest BCUT2D eigenvalue weighted by atomic mass is 10.1. The molecule has 112 valence electrons. The van der Waals surface area contributed by atoms with E-state index in [1.54, 1.807) is 11.3 Å². The van der Waals surface area contributed by atoms with Crippen LogP contribution in [0.2, 0.25) is 5.02 Å². The first-order chi connectivity index (χ1) is 10.2. The lowest BCUT2D eigenvalue weighted by Gasteiger charge is -2.35. The van der Waals surface area contributed by atoms with Crippen molar-refractivity contribution < 1.29 is 5.11 Å². The number of thiazole rings is 1. The maximum absolute atomic E-state index is 10.3. The van der Waals surface area contributed by atoms with Crippen LogP contribution in [0.15, 0.2) is 35.8 Å². The van der Waals surface area contributed by atoms with Gasteiger partial charge in [0, 0.05) is 49.3 Å². The fraction of sp³-hybridized carbons (Fsp3) is 0.400. The molecule has 6 heteroatoms. The molecular formula is C15H18ClN3OS. The first kappa shape index (κ1) is 14.8. The lowest BCUT2D eigenvalue weighted by Crippen LogP contribution is -2.47. The summed E-state index contributed by atoms with van der Waals surface area (Å²) in [5.74, 6) is 0. The molecule has 1 aliphatic heterocycles. The molecule has 1 N–H and O–H groups in total. The van der Waals surface area contributed by atoms with Crippen molar-refractivity contribution in [1.29, 1.82) is 0 Å². The monoisotopic (exact) mass is 323 g/mol. The number of rotatable bonds is 4. The summed E-state index contributed by atoms with van der Waals surface area (Å²) in [6.45, 7) is 4.48. The molecule has 1 fully saturated rings. The van der Waals surface area contributed by atoms with Crippen molar-refractivity contribution in [3.8, 4) is 0 Å². The van der Waals surface area contributed by atoms with Gasteiger partial charge in [-0.25, -0.2) is 4.98 Å². The molecular weight excluding hydrogens is 306 g/mol. The Bertz CT molecular complexity index is 553. The molecule has 0 amide bonds. The van der Waals surface area contributed by atoms with Crippen molar-refractivity contribution >= 4 is 28.1 Å². The lowest BCUT2D eigenvalue weighted by molar-refractivity contribution is 0.109. The number of benzene rings is 1. The number of hydrogen-bond donors (Lipinski definition) is 1. The maximum Gasteiger partial charge on any atom is 0.185 e. The molecule has 1 atom stereocenters. The third kappa shape index (κ3) is 3.74. The number of halogens is 1. The van der Waals surface area contributed by atoms with Gasteiger partial charge >= 0.3 is 0 Å². The van der Waals surface area contributed by atoms with Crippen molar-refractivity contribution in [3.05, 3.63) is 46.4 Å². The third-order valence-corrected chi connectivity index (χ3v) is 4.83. The summed E-state index contributed by atoms with van der Waals surface area (Å²) in [4.78, 5) is 8.94. The van der Waals surface area contributed by atoms with Crippen molar-refractivity contribution in [1.82, 2.24) is 9.88 Å². The molecule has 0 aliphatic carbocycles. The summed E-state index contributed by atoms with van der Waals surface area (Å²) in [6.07, 6.45) is 1.38. The molecule has 1 aromatic carbocycles. The molecule has 0 saturated carbocycles. The molecule has 1 saturated heterocycles. The molecule has 0 bridgehead atoms. The summed E-state index contributed by atoms with van der Waals surface area (Å²) >= 11 is 7.55. The fourth-order valence-corrected chi connectivity index (χ4v) is 3.35. The summed E-state index contributed by atoms with van der Waals surface area (Å²) in [5.41, 5.74) is 0.918. The van der Waals surface area contributed by atoms with E-state index in [4.69, 9.17) is 11.6 Å². The van der Waals surface area contributed by atoms with Crippen molar-refractivity contribution in [2.45, 2.75) is 6.10 Å². The molecule has 2 heterocycles. The Morgan fingerprint density at radius 3 is 2.52 bits per heavy atom. The van der Waals surface area contributed by atoms with Crippen LogP contribution in [0.5, 0.6) is 0 Å². The summed E-state index contributed by atoms with van der Waals surface area (Å²) in [7, 11) is 0. The minimum atomic E-state index is -0.464. The average molecular weight is 324 g/mol. The van der Waals surface area contributed by atoms with E-state index in [1.807, 2.05) is 35.8 Å². The van der Waals surface area contributed by atoms with Crippen LogP contribution >= 0.6 is 22.9 Å². The van der Waals surface area contributed by atoms with E-state index in [0.29, 0.717) is 11.6 Å². The van der Waals surface area contributed by atoms with E-state index in [2.05, 4.69) is 14.8 Å². The Morgan fingerprint density at radius 2 is 1.90 bits per heavy atom. The van der Waals surface area contributed by atoms with Crippen LogP contribution in [0.3, 0.4) is 0 Å². The third-order valence-electron chi connectivity index (χ3n) is 3.75. The second-order valence-corrected chi connectivity index (χ2v) is 6.48. The second-order valence-electron chi connectivity index (χ2n) is 5.17. The number of aliphatic hydroxyl groups excluding tert-OH is 1. The molecule has 1 unspecified atom stereocenters. The highest BCUT2D eigenvalue weighted by molar-refractivity contribution is 7.13. The highest BCUT2D eigenvalue weighted by Crippen LogP contribution is 2.21. The zero-order valence-corrected chi connectivity index (χ0v) is 13.2. The highest BCUT2D eigenvalue weighted by Gasteiger charge is 2.21. The van der Waals surface area contributed by atoms with Crippen LogP contribution in [0.25, 0.3) is 0 Å². The molecule has 2 aromatic rings.